The lowest BCUT2D eigenvalue weighted by atomic mass is 10.5. The van der Waals surface area contributed by atoms with Gasteiger partial charge in [-0.05, 0) is 6.92 Å². The minimum Gasteiger partial charge on any atom is -0.305 e. The lowest BCUT2D eigenvalue weighted by Crippen LogP contribution is -2.28. The Morgan fingerprint density at radius 2 is 2.00 bits per heavy atom. The highest BCUT2D eigenvalue weighted by Crippen LogP contribution is 2.11. The molecule has 0 saturated heterocycles. The molecule has 0 heterocycles. The Labute approximate surface area is 57.9 Å². The van der Waals surface area contributed by atoms with E-state index < -0.39 is 12.7 Å². The van der Waals surface area contributed by atoms with Gasteiger partial charge in [0.15, 0.2) is 0 Å². The second kappa shape index (κ2) is 4.33. The molecule has 0 aliphatic heterocycles. The lowest BCUT2D eigenvalue weighted by molar-refractivity contribution is -0.124. The highest BCUT2D eigenvalue weighted by atomic mass is 19.4. The van der Waals surface area contributed by atoms with E-state index in [0.29, 0.717) is 0 Å². The molecule has 0 aromatic rings. The quantitative estimate of drug-likeness (QED) is 0.480. The maximum absolute atomic E-state index is 11.4. The summed E-state index contributed by atoms with van der Waals surface area (Å²) in [4.78, 5) is 0. The molecule has 0 aliphatic carbocycles. The van der Waals surface area contributed by atoms with Gasteiger partial charge in [0.05, 0.1) is 6.54 Å². The van der Waals surface area contributed by atoms with Crippen molar-refractivity contribution in [1.29, 1.82) is 0 Å². The van der Waals surface area contributed by atoms with E-state index in [1.165, 1.54) is 0 Å². The summed E-state index contributed by atoms with van der Waals surface area (Å²) in [6.45, 7) is 1.11. The smallest absolute Gasteiger partial charge is 0.305 e. The van der Waals surface area contributed by atoms with E-state index in [2.05, 4.69) is 5.32 Å². The molecule has 0 fully saturated rings. The van der Waals surface area contributed by atoms with Crippen LogP contribution in [0, 0.1) is 0 Å². The predicted molar refractivity (Wildman–Crippen MR) is 33.7 cm³/mol. The zero-order chi connectivity index (χ0) is 8.04. The van der Waals surface area contributed by atoms with Gasteiger partial charge in [0, 0.05) is 6.54 Å². The van der Waals surface area contributed by atoms with E-state index in [9.17, 15) is 13.2 Å². The summed E-state index contributed by atoms with van der Waals surface area (Å²) in [7, 11) is 0. The lowest BCUT2D eigenvalue weighted by Gasteiger charge is -2.04. The summed E-state index contributed by atoms with van der Waals surface area (Å²) in [5.74, 6) is 0. The first kappa shape index (κ1) is 9.49. The van der Waals surface area contributed by atoms with Crippen LogP contribution in [0.4, 0.5) is 13.2 Å². The van der Waals surface area contributed by atoms with Crippen molar-refractivity contribution in [2.75, 3.05) is 13.1 Å². The molecule has 0 unspecified atom stereocenters. The molecule has 4 heteroatoms. The largest absolute Gasteiger partial charge is 0.401 e. The van der Waals surface area contributed by atoms with Crippen molar-refractivity contribution in [2.24, 2.45) is 0 Å². The zero-order valence-corrected chi connectivity index (χ0v) is 5.70. The average Bonchev–Trinajstić information content (AvgIpc) is 1.78. The van der Waals surface area contributed by atoms with Crippen molar-refractivity contribution in [3.05, 3.63) is 12.2 Å². The van der Waals surface area contributed by atoms with E-state index in [1.54, 1.807) is 19.1 Å². The van der Waals surface area contributed by atoms with Gasteiger partial charge in [0.1, 0.15) is 0 Å². The van der Waals surface area contributed by atoms with Gasteiger partial charge < -0.3 is 5.32 Å². The number of rotatable bonds is 3. The maximum atomic E-state index is 11.4. The van der Waals surface area contributed by atoms with Crippen LogP contribution in [0.5, 0.6) is 0 Å². The number of alkyl halides is 3. The van der Waals surface area contributed by atoms with E-state index in [4.69, 9.17) is 0 Å². The SMILES string of the molecule is C/C=C/CNCC(F)(F)F. The van der Waals surface area contributed by atoms with Crippen LogP contribution in [0.25, 0.3) is 0 Å². The summed E-state index contributed by atoms with van der Waals surface area (Å²) >= 11 is 0. The molecule has 0 aromatic carbocycles. The highest BCUT2D eigenvalue weighted by molar-refractivity contribution is 4.79. The van der Waals surface area contributed by atoms with E-state index in [-0.39, 0.29) is 6.54 Å². The molecule has 60 valence electrons. The van der Waals surface area contributed by atoms with E-state index in [1.807, 2.05) is 0 Å². The van der Waals surface area contributed by atoms with Crippen LogP contribution in [-0.2, 0) is 0 Å². The molecule has 10 heavy (non-hydrogen) atoms. The summed E-state index contributed by atoms with van der Waals surface area (Å²) < 4.78 is 34.2. The van der Waals surface area contributed by atoms with Crippen molar-refractivity contribution in [1.82, 2.24) is 5.32 Å². The molecule has 1 nitrogen and oxygen atoms in total. The molecule has 1 N–H and O–H groups in total. The Bertz CT molecular complexity index is 106. The Hall–Kier alpha value is -0.510. The normalized spacial score (nSPS) is 12.8. The molecule has 0 saturated carbocycles. The second-order valence-corrected chi connectivity index (χ2v) is 1.82. The fourth-order valence-corrected chi connectivity index (χ4v) is 0.415. The van der Waals surface area contributed by atoms with Crippen molar-refractivity contribution in [3.63, 3.8) is 0 Å². The molecule has 0 rings (SSSR count). The van der Waals surface area contributed by atoms with Gasteiger partial charge >= 0.3 is 6.18 Å². The first-order chi connectivity index (χ1) is 4.56. The molecule has 0 spiro atoms. The van der Waals surface area contributed by atoms with Gasteiger partial charge in [0.25, 0.3) is 0 Å². The van der Waals surface area contributed by atoms with E-state index in [0.717, 1.165) is 0 Å². The van der Waals surface area contributed by atoms with Crippen LogP contribution in [-0.4, -0.2) is 19.3 Å². The second-order valence-electron chi connectivity index (χ2n) is 1.82. The fraction of sp³-hybridized carbons (Fsp3) is 0.667. The first-order valence-electron chi connectivity index (χ1n) is 2.95. The Balaban J connectivity index is 3.20. The average molecular weight is 153 g/mol. The van der Waals surface area contributed by atoms with Crippen LogP contribution in [0.15, 0.2) is 12.2 Å². The van der Waals surface area contributed by atoms with Crippen molar-refractivity contribution in [3.8, 4) is 0 Å². The molecular weight excluding hydrogens is 143 g/mol. The Kier molecular flexibility index (Phi) is 4.11. The van der Waals surface area contributed by atoms with Crippen LogP contribution < -0.4 is 5.32 Å². The monoisotopic (exact) mass is 153 g/mol. The van der Waals surface area contributed by atoms with E-state index >= 15 is 0 Å². The first-order valence-corrected chi connectivity index (χ1v) is 2.95. The zero-order valence-electron chi connectivity index (χ0n) is 5.70. The van der Waals surface area contributed by atoms with Crippen LogP contribution >= 0.6 is 0 Å². The van der Waals surface area contributed by atoms with Crippen LogP contribution in [0.2, 0.25) is 0 Å². The van der Waals surface area contributed by atoms with Gasteiger partial charge in [-0.15, -0.1) is 0 Å². The van der Waals surface area contributed by atoms with Gasteiger partial charge in [-0.25, -0.2) is 0 Å². The topological polar surface area (TPSA) is 12.0 Å². The van der Waals surface area contributed by atoms with Crippen molar-refractivity contribution >= 4 is 0 Å². The summed E-state index contributed by atoms with van der Waals surface area (Å²) in [6.07, 6.45) is -0.767. The molecule has 0 radical (unpaired) electrons. The molecule has 0 aliphatic rings. The third-order valence-corrected chi connectivity index (χ3v) is 0.823. The summed E-state index contributed by atoms with van der Waals surface area (Å²) in [5.41, 5.74) is 0. The number of allylic oxidation sites excluding steroid dienone is 1. The number of hydrogen-bond acceptors (Lipinski definition) is 1. The summed E-state index contributed by atoms with van der Waals surface area (Å²) in [6, 6.07) is 0. The predicted octanol–water partition coefficient (Wildman–Crippen LogP) is 1.71. The molecule has 0 atom stereocenters. The van der Waals surface area contributed by atoms with Gasteiger partial charge in [-0.2, -0.15) is 13.2 Å². The Morgan fingerprint density at radius 3 is 2.40 bits per heavy atom. The number of halogens is 3. The minimum atomic E-state index is -4.10. The third-order valence-electron chi connectivity index (χ3n) is 0.823. The highest BCUT2D eigenvalue weighted by Gasteiger charge is 2.25. The molecule has 0 bridgehead atoms. The standard InChI is InChI=1S/C6H10F3N/c1-2-3-4-10-5-6(7,8)9/h2-3,10H,4-5H2,1H3/b3-2+. The number of hydrogen-bond donors (Lipinski definition) is 1. The third kappa shape index (κ3) is 7.49. The van der Waals surface area contributed by atoms with Crippen LogP contribution in [0.1, 0.15) is 6.92 Å². The van der Waals surface area contributed by atoms with Crippen molar-refractivity contribution < 1.29 is 13.2 Å². The van der Waals surface area contributed by atoms with Crippen molar-refractivity contribution in [2.45, 2.75) is 13.1 Å². The molecule has 0 amide bonds. The molecular formula is C6H10F3N. The molecule has 0 aromatic heterocycles. The fourth-order valence-electron chi connectivity index (χ4n) is 0.415. The van der Waals surface area contributed by atoms with Gasteiger partial charge in [0.2, 0.25) is 0 Å². The number of nitrogens with one attached hydrogen (secondary N) is 1. The summed E-state index contributed by atoms with van der Waals surface area (Å²) in [5, 5.41) is 2.21. The van der Waals surface area contributed by atoms with Gasteiger partial charge in [-0.1, -0.05) is 12.2 Å². The Morgan fingerprint density at radius 1 is 1.40 bits per heavy atom. The minimum absolute atomic E-state index is 0.274. The maximum Gasteiger partial charge on any atom is 0.401 e. The van der Waals surface area contributed by atoms with Crippen LogP contribution in [0.3, 0.4) is 0 Å². The van der Waals surface area contributed by atoms with Gasteiger partial charge in [-0.3, -0.25) is 0 Å².